The highest BCUT2D eigenvalue weighted by Crippen LogP contribution is 2.72. The highest BCUT2D eigenvalue weighted by molar-refractivity contribution is 5.98. The number of rotatable bonds is 6. The molecule has 5 rings (SSSR count). The molecule has 10 atom stereocenters. The number of fused-ring (bicyclic) bond motifs is 2. The summed E-state index contributed by atoms with van der Waals surface area (Å²) in [6.07, 6.45) is -6.31. The maximum atomic E-state index is 13.8. The van der Waals surface area contributed by atoms with Gasteiger partial charge in [-0.05, 0) is 64.9 Å². The number of carbonyl (C=O) groups excluding carboxylic acids is 6. The third-order valence-corrected chi connectivity index (χ3v) is 10.5. The minimum absolute atomic E-state index is 0.0592. The SMILES string of the molecule is COC(=O)[C@@]12OC[C@]34[C@H]([C@@H](O)[C@@H]1O)[C@@]1(C)CC(=O)C(OC(=O)CNC(=O)OC(C)(C)C)=C(C)[C@@H]1C[C@H]3OC(=O)[C@H](OC(=O)C=C(C)C)[C@@H]24. The van der Waals surface area contributed by atoms with Crippen LogP contribution in [0.5, 0.6) is 0 Å². The maximum absolute atomic E-state index is 13.8. The lowest BCUT2D eigenvalue weighted by Crippen LogP contribution is -2.79. The highest BCUT2D eigenvalue weighted by Gasteiger charge is 2.85. The van der Waals surface area contributed by atoms with Crippen molar-refractivity contribution >= 4 is 35.8 Å². The van der Waals surface area contributed by atoms with Crippen LogP contribution in [0.3, 0.4) is 0 Å². The Balaban J connectivity index is 1.54. The summed E-state index contributed by atoms with van der Waals surface area (Å²) in [6.45, 7) is 10.7. The van der Waals surface area contributed by atoms with Crippen LogP contribution >= 0.6 is 0 Å². The topological polar surface area (TPSA) is 210 Å². The summed E-state index contributed by atoms with van der Waals surface area (Å²) in [4.78, 5) is 78.6. The molecule has 15 nitrogen and oxygen atoms in total. The molecular formula is C33H43NO14. The lowest BCUT2D eigenvalue weighted by Gasteiger charge is -2.67. The van der Waals surface area contributed by atoms with Crippen molar-refractivity contribution in [3.8, 4) is 0 Å². The van der Waals surface area contributed by atoms with E-state index in [1.807, 2.05) is 0 Å². The van der Waals surface area contributed by atoms with Crippen LogP contribution in [-0.4, -0.2) is 102 Å². The van der Waals surface area contributed by atoms with Gasteiger partial charge in [0.05, 0.1) is 25.7 Å². The minimum atomic E-state index is -2.30. The number of carbonyl (C=O) groups is 6. The van der Waals surface area contributed by atoms with Gasteiger partial charge < -0.3 is 44.0 Å². The predicted molar refractivity (Wildman–Crippen MR) is 160 cm³/mol. The number of Topliss-reactive ketones (excluding diaryl/α,β-unsaturated/α-hetero) is 1. The zero-order chi connectivity index (χ0) is 35.7. The molecule has 264 valence electrons. The molecule has 3 aliphatic carbocycles. The van der Waals surface area contributed by atoms with Gasteiger partial charge in [0.1, 0.15) is 24.4 Å². The molecule has 2 bridgehead atoms. The molecule has 0 aromatic rings. The Morgan fingerprint density at radius 3 is 2.38 bits per heavy atom. The van der Waals surface area contributed by atoms with Crippen molar-refractivity contribution in [3.05, 3.63) is 23.0 Å². The number of ketones is 1. The van der Waals surface area contributed by atoms with Gasteiger partial charge in [-0.15, -0.1) is 0 Å². The van der Waals surface area contributed by atoms with Crippen LogP contribution < -0.4 is 5.32 Å². The smallest absolute Gasteiger partial charge is 0.408 e. The van der Waals surface area contributed by atoms with Gasteiger partial charge in [0, 0.05) is 23.8 Å². The average molecular weight is 678 g/mol. The molecule has 4 fully saturated rings. The molecular weight excluding hydrogens is 634 g/mol. The molecule has 15 heteroatoms. The van der Waals surface area contributed by atoms with Crippen molar-refractivity contribution in [1.82, 2.24) is 5.32 Å². The Morgan fingerprint density at radius 1 is 1.10 bits per heavy atom. The minimum Gasteiger partial charge on any atom is -0.467 e. The molecule has 2 heterocycles. The number of aliphatic hydroxyl groups excluding tert-OH is 2. The molecule has 1 amide bonds. The lowest BCUT2D eigenvalue weighted by molar-refractivity contribution is -0.290. The van der Waals surface area contributed by atoms with Gasteiger partial charge in [-0.3, -0.25) is 4.79 Å². The number of ether oxygens (including phenoxy) is 6. The third-order valence-electron chi connectivity index (χ3n) is 10.5. The summed E-state index contributed by atoms with van der Waals surface area (Å²) in [6, 6.07) is 0. The lowest BCUT2D eigenvalue weighted by atomic mass is 9.38. The van der Waals surface area contributed by atoms with Gasteiger partial charge in [-0.1, -0.05) is 12.5 Å². The second-order valence-electron chi connectivity index (χ2n) is 14.8. The average Bonchev–Trinajstić information content (AvgIpc) is 3.27. The molecule has 48 heavy (non-hydrogen) atoms. The van der Waals surface area contributed by atoms with Crippen molar-refractivity contribution in [2.24, 2.45) is 28.6 Å². The summed E-state index contributed by atoms with van der Waals surface area (Å²) >= 11 is 0. The molecule has 0 aromatic heterocycles. The van der Waals surface area contributed by atoms with Crippen LogP contribution in [-0.2, 0) is 52.4 Å². The Bertz CT molecular complexity index is 1510. The first kappa shape index (κ1) is 35.5. The second kappa shape index (κ2) is 11.9. The van der Waals surface area contributed by atoms with Crippen LogP contribution in [0.15, 0.2) is 23.0 Å². The van der Waals surface area contributed by atoms with E-state index in [4.69, 9.17) is 28.4 Å². The molecule has 0 unspecified atom stereocenters. The zero-order valence-corrected chi connectivity index (χ0v) is 28.2. The Morgan fingerprint density at radius 2 is 1.77 bits per heavy atom. The van der Waals surface area contributed by atoms with Gasteiger partial charge in [0.2, 0.25) is 11.7 Å². The normalized spacial score (nSPS) is 38.1. The van der Waals surface area contributed by atoms with Crippen molar-refractivity contribution in [2.45, 2.75) is 96.9 Å². The number of nitrogens with one attached hydrogen (secondary N) is 1. The molecule has 5 aliphatic rings. The molecule has 2 saturated heterocycles. The molecule has 3 N–H and O–H groups in total. The van der Waals surface area contributed by atoms with Crippen molar-refractivity contribution in [2.75, 3.05) is 20.3 Å². The van der Waals surface area contributed by atoms with E-state index < -0.39 is 107 Å². The number of alkyl carbamates (subject to hydrolysis) is 1. The van der Waals surface area contributed by atoms with Crippen LogP contribution in [0.4, 0.5) is 4.79 Å². The van der Waals surface area contributed by atoms with E-state index in [0.29, 0.717) is 11.1 Å². The summed E-state index contributed by atoms with van der Waals surface area (Å²) in [7, 11) is 1.07. The van der Waals surface area contributed by atoms with Crippen molar-refractivity contribution in [3.63, 3.8) is 0 Å². The molecule has 0 radical (unpaired) electrons. The van der Waals surface area contributed by atoms with Crippen LogP contribution in [0.1, 0.15) is 61.3 Å². The van der Waals surface area contributed by atoms with Crippen molar-refractivity contribution in [1.29, 1.82) is 0 Å². The fraction of sp³-hybridized carbons (Fsp3) is 0.697. The molecule has 2 saturated carbocycles. The van der Waals surface area contributed by atoms with Crippen molar-refractivity contribution < 1.29 is 67.4 Å². The number of amides is 1. The fourth-order valence-electron chi connectivity index (χ4n) is 8.99. The van der Waals surface area contributed by atoms with Gasteiger partial charge in [0.25, 0.3) is 0 Å². The third kappa shape index (κ3) is 5.30. The monoisotopic (exact) mass is 677 g/mol. The first-order chi connectivity index (χ1) is 22.2. The number of hydrogen-bond donors (Lipinski definition) is 3. The quantitative estimate of drug-likeness (QED) is 0.204. The first-order valence-electron chi connectivity index (χ1n) is 15.8. The Hall–Kier alpha value is -3.82. The van der Waals surface area contributed by atoms with E-state index >= 15 is 0 Å². The van der Waals surface area contributed by atoms with Crippen LogP contribution in [0.25, 0.3) is 0 Å². The first-order valence-corrected chi connectivity index (χ1v) is 15.8. The second-order valence-corrected chi connectivity index (χ2v) is 14.8. The highest BCUT2D eigenvalue weighted by atomic mass is 16.6. The van der Waals surface area contributed by atoms with Gasteiger partial charge >= 0.3 is 30.0 Å². The largest absolute Gasteiger partial charge is 0.467 e. The number of aliphatic hydroxyl groups is 2. The van der Waals surface area contributed by atoms with E-state index in [9.17, 15) is 39.0 Å². The summed E-state index contributed by atoms with van der Waals surface area (Å²) in [5, 5.41) is 25.9. The van der Waals surface area contributed by atoms with E-state index in [-0.39, 0.29) is 25.2 Å². The zero-order valence-electron chi connectivity index (χ0n) is 28.2. The van der Waals surface area contributed by atoms with E-state index in [1.165, 1.54) is 0 Å². The Kier molecular flexibility index (Phi) is 8.83. The van der Waals surface area contributed by atoms with Gasteiger partial charge in [-0.2, -0.15) is 0 Å². The molecule has 2 aliphatic heterocycles. The van der Waals surface area contributed by atoms with E-state index in [1.54, 1.807) is 48.5 Å². The predicted octanol–water partition coefficient (Wildman–Crippen LogP) is 1.03. The fourth-order valence-corrected chi connectivity index (χ4v) is 8.99. The Labute approximate surface area is 277 Å². The van der Waals surface area contributed by atoms with Gasteiger partial charge in [-0.25, -0.2) is 24.0 Å². The molecule has 1 spiro atoms. The number of esters is 4. The van der Waals surface area contributed by atoms with Crippen LogP contribution in [0, 0.1) is 28.6 Å². The number of methoxy groups -OCH3 is 1. The summed E-state index contributed by atoms with van der Waals surface area (Å²) in [5.41, 5.74) is -4.75. The standard InChI is InChI=1S/C33H43NO14/c1-14(2)9-19(36)46-23-25-32-13-44-33(25,28(41)43-8)26(39)21(38)24(32)31(7)11-17(35)22(15(3)16(31)10-18(32)45-27(23)40)47-20(37)12-34-29(42)48-30(4,5)6/h9,16,18,21,23-26,38-39H,10-13H2,1-8H3,(H,34,42)/t16-,18+,21+,23+,24+,25+,26-,31-,32+,33-/m0/s1. The van der Waals surface area contributed by atoms with E-state index in [0.717, 1.165) is 13.2 Å². The van der Waals surface area contributed by atoms with Crippen LogP contribution in [0.2, 0.25) is 0 Å². The molecule has 0 aromatic carbocycles. The van der Waals surface area contributed by atoms with Gasteiger partial charge in [0.15, 0.2) is 11.5 Å². The number of allylic oxidation sites excluding steroid dienone is 3. The summed E-state index contributed by atoms with van der Waals surface area (Å²) < 4.78 is 33.3. The maximum Gasteiger partial charge on any atom is 0.408 e. The van der Waals surface area contributed by atoms with E-state index in [2.05, 4.69) is 5.32 Å². The number of hydrogen-bond acceptors (Lipinski definition) is 14. The summed E-state index contributed by atoms with van der Waals surface area (Å²) in [5.74, 6) is -7.70.